The predicted molar refractivity (Wildman–Crippen MR) is 84.2 cm³/mol. The number of ether oxygens (including phenoxy) is 1. The molecule has 0 radical (unpaired) electrons. The molecule has 0 N–H and O–H groups in total. The van der Waals surface area contributed by atoms with Gasteiger partial charge in [0.15, 0.2) is 0 Å². The molecule has 0 aliphatic carbocycles. The van der Waals surface area contributed by atoms with E-state index in [4.69, 9.17) is 4.74 Å². The van der Waals surface area contributed by atoms with Gasteiger partial charge >= 0.3 is 0 Å². The highest BCUT2D eigenvalue weighted by atomic mass is 16.5. The molecule has 0 fully saturated rings. The lowest BCUT2D eigenvalue weighted by atomic mass is 9.95. The maximum absolute atomic E-state index is 5.53. The zero-order valence-corrected chi connectivity index (χ0v) is 12.2. The molecule has 0 saturated heterocycles. The van der Waals surface area contributed by atoms with E-state index in [-0.39, 0.29) is 5.54 Å². The maximum atomic E-state index is 5.53. The summed E-state index contributed by atoms with van der Waals surface area (Å²) in [5, 5.41) is 5.30. The van der Waals surface area contributed by atoms with Gasteiger partial charge in [0.2, 0.25) is 0 Å². The van der Waals surface area contributed by atoms with Crippen LogP contribution < -0.4 is 10.1 Å². The molecule has 2 nitrogen and oxygen atoms in total. The molecule has 2 heterocycles. The van der Waals surface area contributed by atoms with Crippen molar-refractivity contribution in [3.8, 4) is 5.75 Å². The molecule has 0 amide bonds. The Kier molecular flexibility index (Phi) is 2.24. The molecular weight excluding hydrogens is 246 g/mol. The van der Waals surface area contributed by atoms with Crippen LogP contribution in [0, 0.1) is 0 Å². The molecule has 1 aliphatic heterocycles. The van der Waals surface area contributed by atoms with Crippen LogP contribution in [0.4, 0.5) is 0 Å². The van der Waals surface area contributed by atoms with E-state index in [0.29, 0.717) is 0 Å². The van der Waals surface area contributed by atoms with Gasteiger partial charge in [0, 0.05) is 27.0 Å². The average Bonchev–Trinajstić information content (AvgIpc) is 2.99. The maximum Gasteiger partial charge on any atom is 0.126 e. The number of hydrogen-bond acceptors (Lipinski definition) is 1. The van der Waals surface area contributed by atoms with Gasteiger partial charge in [0.1, 0.15) is 5.75 Å². The second-order valence-corrected chi connectivity index (χ2v) is 5.99. The first kappa shape index (κ1) is 11.8. The molecule has 1 atom stereocenters. The molecule has 2 heteroatoms. The molecule has 1 aliphatic rings. The Morgan fingerprint density at radius 1 is 1.20 bits per heavy atom. The smallest absolute Gasteiger partial charge is 0.126 e. The van der Waals surface area contributed by atoms with Crippen molar-refractivity contribution in [1.82, 2.24) is 4.57 Å². The lowest BCUT2D eigenvalue weighted by Crippen LogP contribution is -2.30. The summed E-state index contributed by atoms with van der Waals surface area (Å²) in [6.45, 7) is 4.64. The monoisotopic (exact) mass is 265 g/mol. The van der Waals surface area contributed by atoms with Gasteiger partial charge in [-0.15, -0.1) is 0 Å². The van der Waals surface area contributed by atoms with Crippen LogP contribution in [0.3, 0.4) is 0 Å². The van der Waals surface area contributed by atoms with Crippen LogP contribution in [0.1, 0.15) is 26.7 Å². The summed E-state index contributed by atoms with van der Waals surface area (Å²) < 4.78 is 8.06. The minimum atomic E-state index is 0.204. The van der Waals surface area contributed by atoms with Crippen LogP contribution in [0.5, 0.6) is 5.75 Å². The van der Waals surface area contributed by atoms with Crippen molar-refractivity contribution in [2.24, 2.45) is 0 Å². The molecule has 20 heavy (non-hydrogen) atoms. The average molecular weight is 265 g/mol. The van der Waals surface area contributed by atoms with Crippen LogP contribution in [0.25, 0.3) is 27.8 Å². The number of aromatic nitrogens is 1. The van der Waals surface area contributed by atoms with Crippen LogP contribution in [-0.2, 0) is 5.54 Å². The van der Waals surface area contributed by atoms with E-state index in [2.05, 4.69) is 54.8 Å². The quantitative estimate of drug-likeness (QED) is 0.687. The van der Waals surface area contributed by atoms with Gasteiger partial charge in [-0.25, -0.2) is 0 Å². The molecule has 0 unspecified atom stereocenters. The van der Waals surface area contributed by atoms with Crippen molar-refractivity contribution in [3.05, 3.63) is 35.7 Å². The van der Waals surface area contributed by atoms with E-state index >= 15 is 0 Å². The van der Waals surface area contributed by atoms with Crippen LogP contribution in [0.2, 0.25) is 0 Å². The van der Waals surface area contributed by atoms with E-state index < -0.39 is 0 Å². The van der Waals surface area contributed by atoms with E-state index in [1.165, 1.54) is 27.0 Å². The number of hydrogen-bond donors (Lipinski definition) is 0. The largest absolute Gasteiger partial charge is 0.496 e. The fraction of sp³-hybridized carbons (Fsp3) is 0.333. The minimum Gasteiger partial charge on any atom is -0.496 e. The second kappa shape index (κ2) is 3.78. The molecule has 1 aromatic heterocycles. The molecule has 4 rings (SSSR count). The highest BCUT2D eigenvalue weighted by molar-refractivity contribution is 6.12. The normalized spacial score (nSPS) is 21.4. The topological polar surface area (TPSA) is 14.2 Å². The van der Waals surface area contributed by atoms with E-state index in [9.17, 15) is 0 Å². The zero-order valence-electron chi connectivity index (χ0n) is 12.2. The summed E-state index contributed by atoms with van der Waals surface area (Å²) in [5.41, 5.74) is 1.54. The van der Waals surface area contributed by atoms with Crippen molar-refractivity contribution in [2.75, 3.05) is 7.11 Å². The number of methoxy groups -OCH3 is 1. The van der Waals surface area contributed by atoms with Crippen molar-refractivity contribution in [2.45, 2.75) is 32.2 Å². The minimum absolute atomic E-state index is 0.204. The lowest BCUT2D eigenvalue weighted by Gasteiger charge is -2.27. The molecule has 3 aromatic rings. The van der Waals surface area contributed by atoms with Gasteiger partial charge in [-0.2, -0.15) is 0 Å². The molecule has 102 valence electrons. The van der Waals surface area contributed by atoms with Gasteiger partial charge in [-0.05, 0) is 31.9 Å². The van der Waals surface area contributed by atoms with Crippen molar-refractivity contribution >= 4 is 27.8 Å². The Morgan fingerprint density at radius 3 is 2.75 bits per heavy atom. The van der Waals surface area contributed by atoms with Gasteiger partial charge in [0.25, 0.3) is 0 Å². The van der Waals surface area contributed by atoms with Crippen molar-refractivity contribution in [1.29, 1.82) is 0 Å². The van der Waals surface area contributed by atoms with Crippen LogP contribution in [-0.4, -0.2) is 11.7 Å². The number of benzene rings is 2. The Bertz CT molecular complexity index is 874. The van der Waals surface area contributed by atoms with Gasteiger partial charge in [0.05, 0.1) is 12.6 Å². The van der Waals surface area contributed by atoms with E-state index in [1.54, 1.807) is 7.11 Å². The third kappa shape index (κ3) is 1.24. The Hall–Kier alpha value is -1.96. The fourth-order valence-electron chi connectivity index (χ4n) is 3.68. The first-order chi connectivity index (χ1) is 9.69. The number of nitrogens with zero attached hydrogens (tertiary/aromatic N) is 1. The summed E-state index contributed by atoms with van der Waals surface area (Å²) in [5.74, 6) is 0.963. The Labute approximate surface area is 118 Å². The third-order valence-corrected chi connectivity index (χ3v) is 4.99. The molecule has 0 bridgehead atoms. The lowest BCUT2D eigenvalue weighted by molar-refractivity contribution is 0.338. The first-order valence-electron chi connectivity index (χ1n) is 7.30. The highest BCUT2D eigenvalue weighted by Gasteiger charge is 2.31. The molecule has 0 spiro atoms. The van der Waals surface area contributed by atoms with Gasteiger partial charge in [-0.3, -0.25) is 0 Å². The van der Waals surface area contributed by atoms with Crippen molar-refractivity contribution in [3.63, 3.8) is 0 Å². The summed E-state index contributed by atoms with van der Waals surface area (Å²) in [6, 6.07) is 10.8. The zero-order chi connectivity index (χ0) is 13.9. The Morgan fingerprint density at radius 2 is 2.00 bits per heavy atom. The predicted octanol–water partition coefficient (Wildman–Crippen LogP) is 3.83. The molecule has 0 saturated carbocycles. The summed E-state index contributed by atoms with van der Waals surface area (Å²) in [6.07, 6.45) is 4.67. The number of rotatable bonds is 2. The standard InChI is InChI=1S/C18H19NO/c1-4-18(2)11-10-14-12-6-5-7-13-16(20-3)9-8-15(17(12)13)19(14)18/h5-10H,4,11H2,1-3H3/t18-/m1/s1. The summed E-state index contributed by atoms with van der Waals surface area (Å²) in [7, 11) is 1.75. The van der Waals surface area contributed by atoms with E-state index in [0.717, 1.165) is 18.6 Å². The second-order valence-electron chi connectivity index (χ2n) is 5.99. The highest BCUT2D eigenvalue weighted by Crippen LogP contribution is 2.38. The molecular formula is C18H19NO. The SMILES string of the molecule is CC[C@]1(C)CC=c2c3cccc4c(OC)ccc(c43)n21. The van der Waals surface area contributed by atoms with Crippen molar-refractivity contribution < 1.29 is 4.74 Å². The van der Waals surface area contributed by atoms with E-state index in [1.807, 2.05) is 0 Å². The first-order valence-corrected chi connectivity index (χ1v) is 7.30. The fourth-order valence-corrected chi connectivity index (χ4v) is 3.68. The van der Waals surface area contributed by atoms with Gasteiger partial charge in [-0.1, -0.05) is 31.2 Å². The Balaban J connectivity index is 2.25. The molecule has 2 aromatic carbocycles. The third-order valence-electron chi connectivity index (χ3n) is 4.99. The summed E-state index contributed by atoms with van der Waals surface area (Å²) in [4.78, 5) is 0. The number of fused-ring (bicyclic) bond motifs is 3. The van der Waals surface area contributed by atoms with Gasteiger partial charge < -0.3 is 9.30 Å². The van der Waals surface area contributed by atoms with Crippen LogP contribution in [0.15, 0.2) is 30.3 Å². The summed E-state index contributed by atoms with van der Waals surface area (Å²) >= 11 is 0. The van der Waals surface area contributed by atoms with Crippen LogP contribution >= 0.6 is 0 Å².